The highest BCUT2D eigenvalue weighted by Gasteiger charge is 2.70. The molecule has 2 aliphatic heterocycles. The standard InChI is InChI=1S/C22H19FN2O5S2/c1-7(21(28)29)25-19(26)14-10-6-11(15(14)20(25)27)16-13(10)12(8-2-4-9(23)5-3-8)17-18(31-16)24-22(30)32-17/h2-5,7,10-16H,6H2,1H3,(H,24,30)(H,28,29)/t7-,10-,11-,12+,13-,14+,15-,16-/m1/s1. The number of carboxylic acids is 1. The maximum atomic E-state index is 13.6. The van der Waals surface area contributed by atoms with Crippen molar-refractivity contribution in [1.29, 1.82) is 0 Å². The van der Waals surface area contributed by atoms with Crippen molar-refractivity contribution in [2.75, 3.05) is 0 Å². The molecule has 2 aliphatic carbocycles. The second-order valence-corrected chi connectivity index (χ2v) is 11.3. The number of carbonyl (C=O) groups is 3. The summed E-state index contributed by atoms with van der Waals surface area (Å²) in [5.74, 6) is -3.69. The SMILES string of the molecule is C[C@H](C(=O)O)N1C(=O)[C@@H]2[C@H]3C[C@@H]([C@@H]2C1=O)[C@@H]1[C@H](c2ccc(F)cc2)c2sc(=O)[nH]c2S[C@H]31. The third-order valence-corrected chi connectivity index (χ3v) is 10.3. The minimum atomic E-state index is -1.20. The molecule has 4 aliphatic rings. The Morgan fingerprint density at radius 2 is 1.81 bits per heavy atom. The number of H-pyrrole nitrogens is 1. The summed E-state index contributed by atoms with van der Waals surface area (Å²) >= 11 is 2.71. The molecule has 0 unspecified atom stereocenters. The Labute approximate surface area is 190 Å². The van der Waals surface area contributed by atoms with Gasteiger partial charge in [-0.25, -0.2) is 9.18 Å². The molecule has 3 fully saturated rings. The van der Waals surface area contributed by atoms with Gasteiger partial charge in [-0.05, 0) is 48.8 Å². The smallest absolute Gasteiger partial charge is 0.326 e. The van der Waals surface area contributed by atoms with E-state index >= 15 is 0 Å². The minimum absolute atomic E-state index is 0.00694. The number of aliphatic carboxylic acids is 1. The van der Waals surface area contributed by atoms with Crippen LogP contribution in [-0.4, -0.2) is 44.1 Å². The number of thiazole rings is 1. The quantitative estimate of drug-likeness (QED) is 0.662. The zero-order chi connectivity index (χ0) is 22.5. The predicted molar refractivity (Wildman–Crippen MR) is 114 cm³/mol. The number of aromatic amines is 1. The van der Waals surface area contributed by atoms with E-state index in [4.69, 9.17) is 0 Å². The van der Waals surface area contributed by atoms with Gasteiger partial charge in [-0.1, -0.05) is 23.5 Å². The average Bonchev–Trinajstić information content (AvgIpc) is 3.47. The number of halogens is 1. The second kappa shape index (κ2) is 6.77. The number of nitrogens with one attached hydrogen (secondary N) is 1. The van der Waals surface area contributed by atoms with Gasteiger partial charge >= 0.3 is 10.8 Å². The van der Waals surface area contributed by atoms with Crippen LogP contribution >= 0.6 is 23.1 Å². The van der Waals surface area contributed by atoms with E-state index in [0.717, 1.165) is 38.1 Å². The van der Waals surface area contributed by atoms with Crippen molar-refractivity contribution in [1.82, 2.24) is 9.88 Å². The number of amides is 2. The van der Waals surface area contributed by atoms with Gasteiger partial charge in [0.2, 0.25) is 11.8 Å². The first-order valence-electron chi connectivity index (χ1n) is 10.5. The van der Waals surface area contributed by atoms with E-state index in [1.807, 2.05) is 0 Å². The summed E-state index contributed by atoms with van der Waals surface area (Å²) in [6, 6.07) is 5.06. The summed E-state index contributed by atoms with van der Waals surface area (Å²) in [4.78, 5) is 54.8. The number of thioether (sulfide) groups is 1. The van der Waals surface area contributed by atoms with Crippen LogP contribution in [0.1, 0.15) is 29.7 Å². The van der Waals surface area contributed by atoms with E-state index in [1.165, 1.54) is 19.1 Å². The van der Waals surface area contributed by atoms with Crippen molar-refractivity contribution >= 4 is 40.9 Å². The molecule has 0 spiro atoms. The number of carbonyl (C=O) groups excluding carboxylic acids is 2. The maximum absolute atomic E-state index is 13.6. The summed E-state index contributed by atoms with van der Waals surface area (Å²) < 4.78 is 13.6. The van der Waals surface area contributed by atoms with Crippen LogP contribution in [0.5, 0.6) is 0 Å². The highest BCUT2D eigenvalue weighted by atomic mass is 32.2. The molecule has 1 saturated heterocycles. The van der Waals surface area contributed by atoms with Gasteiger partial charge in [-0.2, -0.15) is 0 Å². The van der Waals surface area contributed by atoms with Crippen LogP contribution in [0.2, 0.25) is 0 Å². The summed E-state index contributed by atoms with van der Waals surface area (Å²) in [5.41, 5.74) is 0.884. The minimum Gasteiger partial charge on any atom is -0.480 e. The Morgan fingerprint density at radius 1 is 1.16 bits per heavy atom. The molecule has 1 aromatic heterocycles. The monoisotopic (exact) mass is 474 g/mol. The van der Waals surface area contributed by atoms with E-state index in [0.29, 0.717) is 0 Å². The van der Waals surface area contributed by atoms with Crippen molar-refractivity contribution in [3.05, 3.63) is 50.2 Å². The van der Waals surface area contributed by atoms with Gasteiger partial charge in [0, 0.05) is 16.0 Å². The van der Waals surface area contributed by atoms with Gasteiger partial charge < -0.3 is 10.1 Å². The first kappa shape index (κ1) is 20.2. The van der Waals surface area contributed by atoms with Crippen molar-refractivity contribution in [3.63, 3.8) is 0 Å². The van der Waals surface area contributed by atoms with Crippen LogP contribution < -0.4 is 4.87 Å². The van der Waals surface area contributed by atoms with Gasteiger partial charge in [0.1, 0.15) is 11.9 Å². The van der Waals surface area contributed by atoms with Gasteiger partial charge in [-0.3, -0.25) is 19.3 Å². The first-order chi connectivity index (χ1) is 15.3. The number of benzene rings is 1. The Kier molecular flexibility index (Phi) is 4.27. The third kappa shape index (κ3) is 2.53. The Hall–Kier alpha value is -2.46. The molecule has 2 N–H and O–H groups in total. The normalized spacial score (nSPS) is 35.6. The summed E-state index contributed by atoms with van der Waals surface area (Å²) in [6.45, 7) is 1.37. The molecule has 8 atom stereocenters. The Balaban J connectivity index is 1.45. The molecule has 1 aromatic carbocycles. The lowest BCUT2D eigenvalue weighted by atomic mass is 9.68. The highest BCUT2D eigenvalue weighted by Crippen LogP contribution is 2.68. The fourth-order valence-corrected chi connectivity index (χ4v) is 9.46. The van der Waals surface area contributed by atoms with Gasteiger partial charge in [0.25, 0.3) is 0 Å². The number of aromatic nitrogens is 1. The topological polar surface area (TPSA) is 108 Å². The number of rotatable bonds is 3. The van der Waals surface area contributed by atoms with Crippen molar-refractivity contribution in [2.45, 2.75) is 35.6 Å². The predicted octanol–water partition coefficient (Wildman–Crippen LogP) is 2.52. The molecule has 32 heavy (non-hydrogen) atoms. The Bertz CT molecular complexity index is 1220. The lowest BCUT2D eigenvalue weighted by Gasteiger charge is -2.43. The van der Waals surface area contributed by atoms with Crippen LogP contribution in [0.4, 0.5) is 4.39 Å². The molecule has 10 heteroatoms. The zero-order valence-corrected chi connectivity index (χ0v) is 18.5. The fraction of sp³-hybridized carbons (Fsp3) is 0.455. The first-order valence-corrected chi connectivity index (χ1v) is 12.2. The van der Waals surface area contributed by atoms with E-state index < -0.39 is 29.8 Å². The number of nitrogens with zero attached hydrogens (tertiary/aromatic N) is 1. The van der Waals surface area contributed by atoms with Crippen LogP contribution in [0.25, 0.3) is 0 Å². The number of imide groups is 1. The van der Waals surface area contributed by atoms with Crippen molar-refractivity contribution < 1.29 is 23.9 Å². The average molecular weight is 475 g/mol. The molecule has 2 bridgehead atoms. The van der Waals surface area contributed by atoms with Gasteiger partial charge in [-0.15, -0.1) is 11.8 Å². The number of hydrogen-bond donors (Lipinski definition) is 2. The van der Waals surface area contributed by atoms with Crippen LogP contribution in [0, 0.1) is 35.4 Å². The maximum Gasteiger partial charge on any atom is 0.326 e. The molecule has 7 nitrogen and oxygen atoms in total. The van der Waals surface area contributed by atoms with Crippen LogP contribution in [-0.2, 0) is 14.4 Å². The van der Waals surface area contributed by atoms with E-state index in [1.54, 1.807) is 23.9 Å². The van der Waals surface area contributed by atoms with Gasteiger partial charge in [0.15, 0.2) is 0 Å². The molecule has 2 saturated carbocycles. The number of hydrogen-bond acceptors (Lipinski definition) is 6. The zero-order valence-electron chi connectivity index (χ0n) is 16.9. The van der Waals surface area contributed by atoms with Crippen LogP contribution in [0.15, 0.2) is 34.1 Å². The van der Waals surface area contributed by atoms with Crippen molar-refractivity contribution in [2.24, 2.45) is 29.6 Å². The second-order valence-electron chi connectivity index (χ2n) is 9.07. The molecular formula is C22H19FN2O5S2. The number of fused-ring (bicyclic) bond motifs is 9. The molecule has 166 valence electrons. The van der Waals surface area contributed by atoms with E-state index in [2.05, 4.69) is 4.98 Å². The number of likely N-dealkylation sites (tertiary alicyclic amines) is 1. The molecule has 2 aromatic rings. The summed E-state index contributed by atoms with van der Waals surface area (Å²) in [6.07, 6.45) is 0.724. The van der Waals surface area contributed by atoms with Crippen LogP contribution in [0.3, 0.4) is 0 Å². The summed E-state index contributed by atoms with van der Waals surface area (Å²) in [5, 5.41) is 10.2. The number of carboxylic acid groups (broad SMARTS) is 1. The Morgan fingerprint density at radius 3 is 2.47 bits per heavy atom. The molecule has 2 amide bonds. The molecule has 0 radical (unpaired) electrons. The van der Waals surface area contributed by atoms with E-state index in [9.17, 15) is 28.7 Å². The third-order valence-electron chi connectivity index (χ3n) is 7.73. The molecule has 6 rings (SSSR count). The summed E-state index contributed by atoms with van der Waals surface area (Å²) in [7, 11) is 0. The molecular weight excluding hydrogens is 455 g/mol. The van der Waals surface area contributed by atoms with Crippen molar-refractivity contribution in [3.8, 4) is 0 Å². The van der Waals surface area contributed by atoms with Gasteiger partial charge in [0.05, 0.1) is 16.9 Å². The highest BCUT2D eigenvalue weighted by molar-refractivity contribution is 8.00. The molecule has 3 heterocycles. The fourth-order valence-electron chi connectivity index (χ4n) is 6.58. The van der Waals surface area contributed by atoms with E-state index in [-0.39, 0.29) is 45.5 Å². The lowest BCUT2D eigenvalue weighted by molar-refractivity contribution is -0.154. The largest absolute Gasteiger partial charge is 0.480 e. The lowest BCUT2D eigenvalue weighted by Crippen LogP contribution is -2.44.